The third-order valence-corrected chi connectivity index (χ3v) is 2.62. The molecule has 0 saturated carbocycles. The second-order valence-electron chi connectivity index (χ2n) is 4.06. The molecule has 0 aliphatic rings. The van der Waals surface area contributed by atoms with Gasteiger partial charge in [0, 0.05) is 20.7 Å². The van der Waals surface area contributed by atoms with Gasteiger partial charge in [0.05, 0.1) is 6.61 Å². The summed E-state index contributed by atoms with van der Waals surface area (Å²) in [5.74, 6) is -0.0808. The van der Waals surface area contributed by atoms with Gasteiger partial charge >= 0.3 is 0 Å². The van der Waals surface area contributed by atoms with Crippen molar-refractivity contribution in [2.45, 2.75) is 12.5 Å². The van der Waals surface area contributed by atoms with Crippen LogP contribution in [0.4, 0.5) is 0 Å². The summed E-state index contributed by atoms with van der Waals surface area (Å²) >= 11 is 0. The minimum atomic E-state index is -0.569. The second kappa shape index (κ2) is 7.04. The summed E-state index contributed by atoms with van der Waals surface area (Å²) in [7, 11) is 3.30. The predicted octanol–water partition coefficient (Wildman–Crippen LogP) is 0.661. The third kappa shape index (κ3) is 4.54. The van der Waals surface area contributed by atoms with Crippen molar-refractivity contribution < 1.29 is 9.53 Å². The first-order valence-electron chi connectivity index (χ1n) is 5.68. The van der Waals surface area contributed by atoms with E-state index in [1.54, 1.807) is 11.9 Å². The van der Waals surface area contributed by atoms with Gasteiger partial charge in [-0.25, -0.2) is 0 Å². The van der Waals surface area contributed by atoms with Crippen LogP contribution in [-0.4, -0.2) is 44.2 Å². The molecule has 4 heteroatoms. The van der Waals surface area contributed by atoms with Crippen LogP contribution in [0.15, 0.2) is 30.3 Å². The highest BCUT2D eigenvalue weighted by molar-refractivity contribution is 5.81. The number of nitrogens with zero attached hydrogens (tertiary/aromatic N) is 1. The number of likely N-dealkylation sites (N-methyl/N-ethyl adjacent to an activating group) is 1. The SMILES string of the molecule is COCC(N)C(=O)N(C)CCc1ccccc1. The lowest BCUT2D eigenvalue weighted by Crippen LogP contribution is -2.45. The highest BCUT2D eigenvalue weighted by Crippen LogP contribution is 2.01. The Balaban J connectivity index is 2.39. The molecular formula is C13H20N2O2. The highest BCUT2D eigenvalue weighted by Gasteiger charge is 2.17. The van der Waals surface area contributed by atoms with Crippen LogP contribution < -0.4 is 5.73 Å². The molecule has 1 aromatic carbocycles. The van der Waals surface area contributed by atoms with Gasteiger partial charge < -0.3 is 15.4 Å². The van der Waals surface area contributed by atoms with Crippen molar-refractivity contribution in [1.29, 1.82) is 0 Å². The van der Waals surface area contributed by atoms with Gasteiger partial charge in [0.2, 0.25) is 5.91 Å². The molecule has 0 aromatic heterocycles. The van der Waals surface area contributed by atoms with Crippen LogP contribution in [0, 0.1) is 0 Å². The van der Waals surface area contributed by atoms with Crippen LogP contribution >= 0.6 is 0 Å². The number of amides is 1. The average Bonchev–Trinajstić information content (AvgIpc) is 2.36. The summed E-state index contributed by atoms with van der Waals surface area (Å²) in [4.78, 5) is 13.4. The van der Waals surface area contributed by atoms with Crippen LogP contribution in [0.3, 0.4) is 0 Å². The molecule has 0 radical (unpaired) electrons. The van der Waals surface area contributed by atoms with Gasteiger partial charge in [0.15, 0.2) is 0 Å². The van der Waals surface area contributed by atoms with Crippen molar-refractivity contribution in [2.75, 3.05) is 27.3 Å². The fourth-order valence-corrected chi connectivity index (χ4v) is 1.59. The highest BCUT2D eigenvalue weighted by atomic mass is 16.5. The average molecular weight is 236 g/mol. The summed E-state index contributed by atoms with van der Waals surface area (Å²) in [6.45, 7) is 0.925. The van der Waals surface area contributed by atoms with Crippen molar-refractivity contribution in [1.82, 2.24) is 4.90 Å². The molecule has 0 aliphatic carbocycles. The van der Waals surface area contributed by atoms with Crippen molar-refractivity contribution in [3.8, 4) is 0 Å². The van der Waals surface area contributed by atoms with Crippen molar-refractivity contribution >= 4 is 5.91 Å². The Bertz CT molecular complexity index is 341. The molecule has 1 aromatic rings. The molecular weight excluding hydrogens is 216 g/mol. The minimum absolute atomic E-state index is 0.0808. The molecule has 0 aliphatic heterocycles. The lowest BCUT2D eigenvalue weighted by molar-refractivity contribution is -0.132. The summed E-state index contributed by atoms with van der Waals surface area (Å²) < 4.78 is 4.87. The molecule has 0 fully saturated rings. The number of carbonyl (C=O) groups is 1. The van der Waals surface area contributed by atoms with Crippen molar-refractivity contribution in [3.05, 3.63) is 35.9 Å². The number of methoxy groups -OCH3 is 1. The minimum Gasteiger partial charge on any atom is -0.383 e. The van der Waals surface area contributed by atoms with Crippen LogP contribution in [0.2, 0.25) is 0 Å². The smallest absolute Gasteiger partial charge is 0.241 e. The first-order valence-corrected chi connectivity index (χ1v) is 5.68. The Kier molecular flexibility index (Phi) is 5.66. The van der Waals surface area contributed by atoms with Crippen LogP contribution in [0.25, 0.3) is 0 Å². The molecule has 17 heavy (non-hydrogen) atoms. The number of nitrogens with two attached hydrogens (primary N) is 1. The predicted molar refractivity (Wildman–Crippen MR) is 67.6 cm³/mol. The number of ether oxygens (including phenoxy) is 1. The number of hydrogen-bond donors (Lipinski definition) is 1. The van der Waals surface area contributed by atoms with Gasteiger partial charge in [-0.2, -0.15) is 0 Å². The molecule has 94 valence electrons. The number of benzene rings is 1. The van der Waals surface area contributed by atoms with Gasteiger partial charge in [-0.15, -0.1) is 0 Å². The fraction of sp³-hybridized carbons (Fsp3) is 0.462. The van der Waals surface area contributed by atoms with Crippen LogP contribution in [0.5, 0.6) is 0 Å². The summed E-state index contributed by atoms with van der Waals surface area (Å²) in [6.07, 6.45) is 0.836. The van der Waals surface area contributed by atoms with Crippen LogP contribution in [0.1, 0.15) is 5.56 Å². The molecule has 4 nitrogen and oxygen atoms in total. The summed E-state index contributed by atoms with van der Waals surface area (Å²) in [6, 6.07) is 9.50. The molecule has 0 saturated heterocycles. The van der Waals surface area contributed by atoms with E-state index >= 15 is 0 Å². The summed E-state index contributed by atoms with van der Waals surface area (Å²) in [5.41, 5.74) is 6.90. The van der Waals surface area contributed by atoms with Gasteiger partial charge in [-0.05, 0) is 12.0 Å². The molecule has 0 heterocycles. The standard InChI is InChI=1S/C13H20N2O2/c1-15(13(16)12(14)10-17-2)9-8-11-6-4-3-5-7-11/h3-7,12H,8-10,14H2,1-2H3. The Morgan fingerprint density at radius 2 is 2.06 bits per heavy atom. The zero-order valence-electron chi connectivity index (χ0n) is 10.4. The van der Waals surface area contributed by atoms with E-state index in [-0.39, 0.29) is 12.5 Å². The van der Waals surface area contributed by atoms with Gasteiger partial charge in [-0.1, -0.05) is 30.3 Å². The number of rotatable bonds is 6. The van der Waals surface area contributed by atoms with Crippen LogP contribution in [-0.2, 0) is 16.0 Å². The van der Waals surface area contributed by atoms with E-state index in [1.165, 1.54) is 12.7 Å². The van der Waals surface area contributed by atoms with E-state index in [2.05, 4.69) is 0 Å². The molecule has 1 rings (SSSR count). The molecule has 1 amide bonds. The monoisotopic (exact) mass is 236 g/mol. The molecule has 0 bridgehead atoms. The second-order valence-corrected chi connectivity index (χ2v) is 4.06. The zero-order chi connectivity index (χ0) is 12.7. The zero-order valence-corrected chi connectivity index (χ0v) is 10.4. The maximum Gasteiger partial charge on any atom is 0.241 e. The first-order chi connectivity index (χ1) is 8.15. The molecule has 2 N–H and O–H groups in total. The topological polar surface area (TPSA) is 55.6 Å². The first kappa shape index (κ1) is 13.7. The quantitative estimate of drug-likeness (QED) is 0.789. The fourth-order valence-electron chi connectivity index (χ4n) is 1.59. The van der Waals surface area contributed by atoms with Gasteiger partial charge in [-0.3, -0.25) is 4.79 Å². The Morgan fingerprint density at radius 3 is 2.65 bits per heavy atom. The maximum atomic E-state index is 11.8. The van der Waals surface area contributed by atoms with Gasteiger partial charge in [0.25, 0.3) is 0 Å². The van der Waals surface area contributed by atoms with Gasteiger partial charge in [0.1, 0.15) is 6.04 Å². The lowest BCUT2D eigenvalue weighted by atomic mass is 10.1. The van der Waals surface area contributed by atoms with E-state index in [4.69, 9.17) is 10.5 Å². The van der Waals surface area contributed by atoms with E-state index in [0.29, 0.717) is 6.54 Å². The van der Waals surface area contributed by atoms with E-state index < -0.39 is 6.04 Å². The Morgan fingerprint density at radius 1 is 1.41 bits per heavy atom. The number of carbonyl (C=O) groups excluding carboxylic acids is 1. The lowest BCUT2D eigenvalue weighted by Gasteiger charge is -2.20. The molecule has 1 atom stereocenters. The number of hydrogen-bond acceptors (Lipinski definition) is 3. The van der Waals surface area contributed by atoms with E-state index in [0.717, 1.165) is 6.42 Å². The van der Waals surface area contributed by atoms with E-state index in [1.807, 2.05) is 30.3 Å². The Hall–Kier alpha value is -1.39. The Labute approximate surface area is 102 Å². The maximum absolute atomic E-state index is 11.8. The normalized spacial score (nSPS) is 12.2. The molecule has 0 spiro atoms. The third-order valence-electron chi connectivity index (χ3n) is 2.62. The summed E-state index contributed by atoms with van der Waals surface area (Å²) in [5, 5.41) is 0. The largest absolute Gasteiger partial charge is 0.383 e. The van der Waals surface area contributed by atoms with Crippen molar-refractivity contribution in [3.63, 3.8) is 0 Å². The van der Waals surface area contributed by atoms with E-state index in [9.17, 15) is 4.79 Å². The van der Waals surface area contributed by atoms with Crippen molar-refractivity contribution in [2.24, 2.45) is 5.73 Å². The molecule has 1 unspecified atom stereocenters.